The van der Waals surface area contributed by atoms with Crippen molar-refractivity contribution in [1.29, 1.82) is 0 Å². The summed E-state index contributed by atoms with van der Waals surface area (Å²) in [6.45, 7) is 0. The SMILES string of the molecule is c1ccc(-c2ccc(-c3nc(-c4ccccc4)nc(-c4cccc5c4sc4c(-c6ccccc6)cccc45)n3)cc2)cc1. The topological polar surface area (TPSA) is 38.7 Å². The fourth-order valence-electron chi connectivity index (χ4n) is 5.63. The molecule has 0 aliphatic heterocycles. The fourth-order valence-corrected chi connectivity index (χ4v) is 6.97. The summed E-state index contributed by atoms with van der Waals surface area (Å²) in [4.78, 5) is 15.1. The molecule has 0 atom stereocenters. The fraction of sp³-hybridized carbons (Fsp3) is 0. The third kappa shape index (κ3) is 4.68. The molecule has 0 spiro atoms. The number of aromatic nitrogens is 3. The van der Waals surface area contributed by atoms with Gasteiger partial charge in [0.1, 0.15) is 0 Å². The summed E-state index contributed by atoms with van der Waals surface area (Å²) in [5.74, 6) is 2.00. The van der Waals surface area contributed by atoms with Crippen molar-refractivity contribution in [1.82, 2.24) is 15.0 Å². The highest BCUT2D eigenvalue weighted by molar-refractivity contribution is 7.26. The van der Waals surface area contributed by atoms with Crippen molar-refractivity contribution in [2.75, 3.05) is 0 Å². The van der Waals surface area contributed by atoms with Crippen molar-refractivity contribution >= 4 is 31.5 Å². The third-order valence-electron chi connectivity index (χ3n) is 7.77. The summed E-state index contributed by atoms with van der Waals surface area (Å²) in [7, 11) is 0. The van der Waals surface area contributed by atoms with Crippen LogP contribution in [0.4, 0.5) is 0 Å². The molecule has 2 aromatic heterocycles. The Kier molecular flexibility index (Phi) is 6.32. The Bertz CT molecular complexity index is 2210. The molecule has 0 saturated heterocycles. The normalized spacial score (nSPS) is 11.3. The molecule has 0 aliphatic carbocycles. The summed E-state index contributed by atoms with van der Waals surface area (Å²) >= 11 is 1.81. The zero-order valence-corrected chi connectivity index (χ0v) is 24.0. The van der Waals surface area contributed by atoms with Gasteiger partial charge in [0.05, 0.1) is 0 Å². The molecular weight excluding hydrogens is 543 g/mol. The molecule has 202 valence electrons. The first-order valence-electron chi connectivity index (χ1n) is 14.3. The van der Waals surface area contributed by atoms with Gasteiger partial charge < -0.3 is 0 Å². The number of hydrogen-bond acceptors (Lipinski definition) is 4. The second-order valence-electron chi connectivity index (χ2n) is 10.4. The number of benzene rings is 6. The minimum atomic E-state index is 0.659. The van der Waals surface area contributed by atoms with Gasteiger partial charge in [-0.05, 0) is 28.3 Å². The van der Waals surface area contributed by atoms with Gasteiger partial charge in [-0.2, -0.15) is 0 Å². The molecule has 0 N–H and O–H groups in total. The van der Waals surface area contributed by atoms with E-state index in [0.717, 1.165) is 22.3 Å². The van der Waals surface area contributed by atoms with Crippen LogP contribution in [0.3, 0.4) is 0 Å². The van der Waals surface area contributed by atoms with Crippen molar-refractivity contribution in [2.24, 2.45) is 0 Å². The minimum Gasteiger partial charge on any atom is -0.208 e. The van der Waals surface area contributed by atoms with E-state index in [1.807, 2.05) is 47.7 Å². The molecule has 0 fully saturated rings. The van der Waals surface area contributed by atoms with E-state index in [1.165, 1.54) is 36.9 Å². The van der Waals surface area contributed by atoms with Crippen LogP contribution >= 0.6 is 11.3 Å². The van der Waals surface area contributed by atoms with E-state index in [0.29, 0.717) is 17.5 Å². The van der Waals surface area contributed by atoms with Crippen LogP contribution in [0.5, 0.6) is 0 Å². The molecule has 0 saturated carbocycles. The molecular formula is C39H25N3S. The summed E-state index contributed by atoms with van der Waals surface area (Å²) in [6, 6.07) is 52.6. The second-order valence-corrected chi connectivity index (χ2v) is 11.5. The van der Waals surface area contributed by atoms with E-state index in [2.05, 4.69) is 115 Å². The highest BCUT2D eigenvalue weighted by Crippen LogP contribution is 2.43. The summed E-state index contributed by atoms with van der Waals surface area (Å²) < 4.78 is 2.45. The van der Waals surface area contributed by atoms with Crippen LogP contribution < -0.4 is 0 Å². The van der Waals surface area contributed by atoms with Gasteiger partial charge in [0.25, 0.3) is 0 Å². The Morgan fingerprint density at radius 1 is 0.302 bits per heavy atom. The zero-order valence-electron chi connectivity index (χ0n) is 23.2. The van der Waals surface area contributed by atoms with Crippen molar-refractivity contribution in [3.63, 3.8) is 0 Å². The largest absolute Gasteiger partial charge is 0.208 e. The summed E-state index contributed by atoms with van der Waals surface area (Å²) in [5, 5.41) is 2.46. The van der Waals surface area contributed by atoms with Crippen molar-refractivity contribution in [3.8, 4) is 56.4 Å². The lowest BCUT2D eigenvalue weighted by Gasteiger charge is -2.09. The number of fused-ring (bicyclic) bond motifs is 3. The quantitative estimate of drug-likeness (QED) is 0.208. The first-order valence-corrected chi connectivity index (χ1v) is 15.1. The molecule has 0 aliphatic rings. The van der Waals surface area contributed by atoms with E-state index < -0.39 is 0 Å². The van der Waals surface area contributed by atoms with Gasteiger partial charge in [0, 0.05) is 36.9 Å². The Labute approximate surface area is 253 Å². The summed E-state index contributed by atoms with van der Waals surface area (Å²) in [5.41, 5.74) is 7.73. The summed E-state index contributed by atoms with van der Waals surface area (Å²) in [6.07, 6.45) is 0. The predicted octanol–water partition coefficient (Wildman–Crippen LogP) is 10.6. The van der Waals surface area contributed by atoms with Crippen LogP contribution in [0, 0.1) is 0 Å². The third-order valence-corrected chi connectivity index (χ3v) is 9.06. The Hall–Kier alpha value is -5.45. The van der Waals surface area contributed by atoms with Crippen molar-refractivity contribution < 1.29 is 0 Å². The molecule has 0 unspecified atom stereocenters. The Morgan fingerprint density at radius 2 is 0.721 bits per heavy atom. The first kappa shape index (κ1) is 25.3. The van der Waals surface area contributed by atoms with Gasteiger partial charge in [-0.25, -0.2) is 15.0 Å². The molecule has 0 amide bonds. The lowest BCUT2D eigenvalue weighted by atomic mass is 10.0. The molecule has 6 aromatic carbocycles. The van der Waals surface area contributed by atoms with Crippen LogP contribution in [-0.2, 0) is 0 Å². The molecule has 0 bridgehead atoms. The molecule has 8 rings (SSSR count). The van der Waals surface area contributed by atoms with Gasteiger partial charge in [-0.1, -0.05) is 146 Å². The molecule has 4 heteroatoms. The lowest BCUT2D eigenvalue weighted by molar-refractivity contribution is 1.08. The van der Waals surface area contributed by atoms with E-state index >= 15 is 0 Å². The van der Waals surface area contributed by atoms with Gasteiger partial charge >= 0.3 is 0 Å². The van der Waals surface area contributed by atoms with Crippen LogP contribution in [0.1, 0.15) is 0 Å². The average Bonchev–Trinajstić information content (AvgIpc) is 3.48. The lowest BCUT2D eigenvalue weighted by Crippen LogP contribution is -2.00. The maximum absolute atomic E-state index is 5.09. The molecule has 8 aromatic rings. The van der Waals surface area contributed by atoms with Crippen molar-refractivity contribution in [2.45, 2.75) is 0 Å². The van der Waals surface area contributed by atoms with Crippen molar-refractivity contribution in [3.05, 3.63) is 152 Å². The van der Waals surface area contributed by atoms with Crippen LogP contribution in [0.15, 0.2) is 152 Å². The molecule has 43 heavy (non-hydrogen) atoms. The Morgan fingerprint density at radius 3 is 1.33 bits per heavy atom. The maximum atomic E-state index is 5.09. The molecule has 3 nitrogen and oxygen atoms in total. The number of nitrogens with zero attached hydrogens (tertiary/aromatic N) is 3. The van der Waals surface area contributed by atoms with Gasteiger partial charge in [-0.15, -0.1) is 11.3 Å². The minimum absolute atomic E-state index is 0.659. The van der Waals surface area contributed by atoms with Gasteiger partial charge in [0.15, 0.2) is 17.5 Å². The maximum Gasteiger partial charge on any atom is 0.165 e. The van der Waals surface area contributed by atoms with E-state index in [-0.39, 0.29) is 0 Å². The number of thiophene rings is 1. The molecule has 2 heterocycles. The van der Waals surface area contributed by atoms with Gasteiger partial charge in [-0.3, -0.25) is 0 Å². The molecule has 0 radical (unpaired) electrons. The number of rotatable bonds is 5. The zero-order chi connectivity index (χ0) is 28.6. The van der Waals surface area contributed by atoms with E-state index in [4.69, 9.17) is 15.0 Å². The van der Waals surface area contributed by atoms with Gasteiger partial charge in [0.2, 0.25) is 0 Å². The first-order chi connectivity index (χ1) is 21.3. The monoisotopic (exact) mass is 567 g/mol. The standard InChI is InChI=1S/C39H25N3S/c1-4-12-26(13-5-1)27-22-24-30(25-23-27)38-40-37(29-16-8-3-9-17-29)41-39(42-38)34-21-11-20-33-32-19-10-18-31(35(32)43-36(33)34)28-14-6-2-7-15-28/h1-25H. The van der Waals surface area contributed by atoms with Crippen LogP contribution in [0.2, 0.25) is 0 Å². The Balaban J connectivity index is 1.31. The average molecular weight is 568 g/mol. The highest BCUT2D eigenvalue weighted by atomic mass is 32.1. The predicted molar refractivity (Wildman–Crippen MR) is 180 cm³/mol. The van der Waals surface area contributed by atoms with Crippen LogP contribution in [0.25, 0.3) is 76.6 Å². The van der Waals surface area contributed by atoms with Crippen LogP contribution in [-0.4, -0.2) is 15.0 Å². The smallest absolute Gasteiger partial charge is 0.165 e. The second kappa shape index (κ2) is 10.8. The van der Waals surface area contributed by atoms with E-state index in [9.17, 15) is 0 Å². The number of hydrogen-bond donors (Lipinski definition) is 0. The van der Waals surface area contributed by atoms with E-state index in [1.54, 1.807) is 0 Å². The highest BCUT2D eigenvalue weighted by Gasteiger charge is 2.18.